The van der Waals surface area contributed by atoms with Crippen LogP contribution in [0.15, 0.2) is 18.2 Å². The molecule has 6 heteroatoms. The van der Waals surface area contributed by atoms with Crippen molar-refractivity contribution >= 4 is 29.1 Å². The summed E-state index contributed by atoms with van der Waals surface area (Å²) in [5.74, 6) is -0.716. The van der Waals surface area contributed by atoms with Crippen LogP contribution in [0.2, 0.25) is 5.02 Å². The average Bonchev–Trinajstić information content (AvgIpc) is 2.43. The lowest BCUT2D eigenvalue weighted by atomic mass is 9.91. The van der Waals surface area contributed by atoms with E-state index in [2.05, 4.69) is 0 Å². The number of piperazine rings is 1. The molecule has 1 aliphatic heterocycles. The summed E-state index contributed by atoms with van der Waals surface area (Å²) in [6, 6.07) is 3.67. The second kappa shape index (κ2) is 6.48. The summed E-state index contributed by atoms with van der Waals surface area (Å²) < 4.78 is 13.3. The van der Waals surface area contributed by atoms with Crippen molar-refractivity contribution < 1.29 is 14.0 Å². The van der Waals surface area contributed by atoms with Gasteiger partial charge in [0.2, 0.25) is 11.8 Å². The summed E-state index contributed by atoms with van der Waals surface area (Å²) in [6.07, 6.45) is 0.396. The fourth-order valence-corrected chi connectivity index (χ4v) is 2.85. The third kappa shape index (κ3) is 4.02. The summed E-state index contributed by atoms with van der Waals surface area (Å²) in [6.45, 7) is 8.54. The summed E-state index contributed by atoms with van der Waals surface area (Å²) >= 11 is 5.79. The normalized spacial score (nSPS) is 19.2. The first-order chi connectivity index (χ1) is 10.6. The molecule has 2 rings (SSSR count). The number of anilines is 1. The van der Waals surface area contributed by atoms with Crippen molar-refractivity contribution in [1.82, 2.24) is 4.90 Å². The molecule has 0 bridgehead atoms. The van der Waals surface area contributed by atoms with Gasteiger partial charge in [-0.3, -0.25) is 9.59 Å². The second-order valence-corrected chi connectivity index (χ2v) is 7.50. The highest BCUT2D eigenvalue weighted by atomic mass is 35.5. The van der Waals surface area contributed by atoms with Gasteiger partial charge in [-0.15, -0.1) is 0 Å². The molecular weight excluding hydrogens is 319 g/mol. The summed E-state index contributed by atoms with van der Waals surface area (Å²) in [4.78, 5) is 28.2. The van der Waals surface area contributed by atoms with Gasteiger partial charge in [-0.25, -0.2) is 4.39 Å². The standard InChI is InChI=1S/C17H22ClFN2O2/c1-11-16(23)21(12-5-6-14(19)13(18)9-12)8-7-20(11)15(22)10-17(2,3)4/h5-6,9,11H,7-8,10H2,1-4H3/t11-/m1/s1. The van der Waals surface area contributed by atoms with E-state index < -0.39 is 11.9 Å². The number of carbonyl (C=O) groups is 2. The molecule has 1 aromatic rings. The number of hydrogen-bond acceptors (Lipinski definition) is 2. The maximum atomic E-state index is 13.3. The lowest BCUT2D eigenvalue weighted by molar-refractivity contribution is -0.142. The fourth-order valence-electron chi connectivity index (χ4n) is 2.68. The summed E-state index contributed by atoms with van der Waals surface area (Å²) in [5.41, 5.74) is 0.428. The Balaban J connectivity index is 2.15. The number of nitrogens with zero attached hydrogens (tertiary/aromatic N) is 2. The van der Waals surface area contributed by atoms with Crippen LogP contribution in [0.5, 0.6) is 0 Å². The number of halogens is 2. The van der Waals surface area contributed by atoms with Crippen molar-refractivity contribution in [2.24, 2.45) is 5.41 Å². The van der Waals surface area contributed by atoms with Gasteiger partial charge in [0, 0.05) is 25.2 Å². The molecule has 1 heterocycles. The van der Waals surface area contributed by atoms with Crippen molar-refractivity contribution in [3.8, 4) is 0 Å². The zero-order valence-electron chi connectivity index (χ0n) is 13.9. The zero-order chi connectivity index (χ0) is 17.4. The van der Waals surface area contributed by atoms with Gasteiger partial charge in [-0.2, -0.15) is 0 Å². The van der Waals surface area contributed by atoms with Gasteiger partial charge in [0.1, 0.15) is 11.9 Å². The van der Waals surface area contributed by atoms with Gasteiger partial charge >= 0.3 is 0 Å². The molecule has 23 heavy (non-hydrogen) atoms. The number of hydrogen-bond donors (Lipinski definition) is 0. The Bertz CT molecular complexity index is 628. The predicted molar refractivity (Wildman–Crippen MR) is 89.0 cm³/mol. The van der Waals surface area contributed by atoms with Gasteiger partial charge in [0.25, 0.3) is 0 Å². The van der Waals surface area contributed by atoms with Gasteiger partial charge in [0.15, 0.2) is 0 Å². The van der Waals surface area contributed by atoms with Crippen molar-refractivity contribution in [3.63, 3.8) is 0 Å². The van der Waals surface area contributed by atoms with E-state index in [1.54, 1.807) is 16.7 Å². The molecule has 126 valence electrons. The van der Waals surface area contributed by atoms with E-state index >= 15 is 0 Å². The lowest BCUT2D eigenvalue weighted by Crippen LogP contribution is -2.58. The van der Waals surface area contributed by atoms with Crippen LogP contribution in [0.3, 0.4) is 0 Å². The first kappa shape index (κ1) is 17.7. The Hall–Kier alpha value is -1.62. The SMILES string of the molecule is C[C@@H]1C(=O)N(c2ccc(F)c(Cl)c2)CCN1C(=O)CC(C)(C)C. The molecule has 0 N–H and O–H groups in total. The molecule has 1 atom stereocenters. The molecule has 2 amide bonds. The van der Waals surface area contributed by atoms with Crippen LogP contribution < -0.4 is 4.90 Å². The van der Waals surface area contributed by atoms with Gasteiger partial charge in [-0.05, 0) is 30.5 Å². The van der Waals surface area contributed by atoms with Crippen LogP contribution in [0.1, 0.15) is 34.1 Å². The molecule has 4 nitrogen and oxygen atoms in total. The summed E-state index contributed by atoms with van der Waals surface area (Å²) in [7, 11) is 0. The highest BCUT2D eigenvalue weighted by Gasteiger charge is 2.36. The third-order valence-corrected chi connectivity index (χ3v) is 4.16. The Morgan fingerprint density at radius 2 is 2.00 bits per heavy atom. The third-order valence-electron chi connectivity index (χ3n) is 3.87. The Kier molecular flexibility index (Phi) is 4.99. The molecule has 1 aliphatic rings. The highest BCUT2D eigenvalue weighted by molar-refractivity contribution is 6.31. The number of carbonyl (C=O) groups excluding carboxylic acids is 2. The van der Waals surface area contributed by atoms with E-state index in [4.69, 9.17) is 11.6 Å². The van der Waals surface area contributed by atoms with Crippen molar-refractivity contribution in [3.05, 3.63) is 29.0 Å². The fraction of sp³-hybridized carbons (Fsp3) is 0.529. The van der Waals surface area contributed by atoms with Crippen molar-refractivity contribution in [1.29, 1.82) is 0 Å². The van der Waals surface area contributed by atoms with E-state index in [0.717, 1.165) is 0 Å². The molecule has 0 radical (unpaired) electrons. The van der Waals surface area contributed by atoms with E-state index in [-0.39, 0.29) is 22.3 Å². The average molecular weight is 341 g/mol. The maximum Gasteiger partial charge on any atom is 0.249 e. The van der Waals surface area contributed by atoms with Crippen LogP contribution in [0.25, 0.3) is 0 Å². The molecule has 1 saturated heterocycles. The Morgan fingerprint density at radius 1 is 1.35 bits per heavy atom. The Morgan fingerprint density at radius 3 is 2.57 bits per heavy atom. The first-order valence-electron chi connectivity index (χ1n) is 7.66. The largest absolute Gasteiger partial charge is 0.329 e. The smallest absolute Gasteiger partial charge is 0.249 e. The molecule has 0 unspecified atom stereocenters. The van der Waals surface area contributed by atoms with Crippen LogP contribution in [0, 0.1) is 11.2 Å². The molecule has 1 aromatic carbocycles. The minimum Gasteiger partial charge on any atom is -0.329 e. The quantitative estimate of drug-likeness (QED) is 0.827. The van der Waals surface area contributed by atoms with Crippen LogP contribution in [0.4, 0.5) is 10.1 Å². The number of rotatable bonds is 2. The lowest BCUT2D eigenvalue weighted by Gasteiger charge is -2.40. The maximum absolute atomic E-state index is 13.3. The predicted octanol–water partition coefficient (Wildman–Crippen LogP) is 3.48. The molecule has 0 saturated carbocycles. The van der Waals surface area contributed by atoms with Crippen LogP contribution in [-0.2, 0) is 9.59 Å². The van der Waals surface area contributed by atoms with Gasteiger partial charge in [-0.1, -0.05) is 32.4 Å². The Labute approximate surface area is 141 Å². The zero-order valence-corrected chi connectivity index (χ0v) is 14.7. The molecular formula is C17H22ClFN2O2. The van der Waals surface area contributed by atoms with Crippen molar-refractivity contribution in [2.75, 3.05) is 18.0 Å². The van der Waals surface area contributed by atoms with Gasteiger partial charge < -0.3 is 9.80 Å². The summed E-state index contributed by atoms with van der Waals surface area (Å²) in [5, 5.41) is -0.0193. The number of amides is 2. The van der Waals surface area contributed by atoms with E-state index in [9.17, 15) is 14.0 Å². The first-order valence-corrected chi connectivity index (χ1v) is 8.04. The molecule has 1 fully saturated rings. The van der Waals surface area contributed by atoms with Gasteiger partial charge in [0.05, 0.1) is 5.02 Å². The van der Waals surface area contributed by atoms with Crippen LogP contribution in [-0.4, -0.2) is 35.8 Å². The molecule has 0 spiro atoms. The van der Waals surface area contributed by atoms with E-state index in [0.29, 0.717) is 25.2 Å². The second-order valence-electron chi connectivity index (χ2n) is 7.09. The topological polar surface area (TPSA) is 40.6 Å². The van der Waals surface area contributed by atoms with E-state index in [1.807, 2.05) is 20.8 Å². The molecule has 0 aromatic heterocycles. The van der Waals surface area contributed by atoms with Crippen molar-refractivity contribution in [2.45, 2.75) is 40.2 Å². The highest BCUT2D eigenvalue weighted by Crippen LogP contribution is 2.27. The molecule has 0 aliphatic carbocycles. The minimum absolute atomic E-state index is 0.0184. The number of benzene rings is 1. The van der Waals surface area contributed by atoms with E-state index in [1.165, 1.54) is 18.2 Å². The minimum atomic E-state index is -0.539. The monoisotopic (exact) mass is 340 g/mol. The van der Waals surface area contributed by atoms with Crippen LogP contribution >= 0.6 is 11.6 Å².